The largest absolute Gasteiger partial charge is 0.496 e. The molecule has 1 rings (SSSR count). The highest BCUT2D eigenvalue weighted by Gasteiger charge is 2.09. The van der Waals surface area contributed by atoms with Crippen LogP contribution >= 0.6 is 0 Å². The van der Waals surface area contributed by atoms with E-state index in [1.165, 1.54) is 11.1 Å². The molecule has 96 valence electrons. The highest BCUT2D eigenvalue weighted by atomic mass is 16.5. The third-order valence-electron chi connectivity index (χ3n) is 3.26. The Kier molecular flexibility index (Phi) is 5.45. The Morgan fingerprint density at radius 2 is 2.12 bits per heavy atom. The van der Waals surface area contributed by atoms with E-state index in [0.717, 1.165) is 18.7 Å². The Hall–Kier alpha value is -1.06. The van der Waals surface area contributed by atoms with Crippen molar-refractivity contribution in [3.05, 3.63) is 29.3 Å². The van der Waals surface area contributed by atoms with E-state index in [2.05, 4.69) is 37.9 Å². The van der Waals surface area contributed by atoms with Gasteiger partial charge < -0.3 is 15.4 Å². The van der Waals surface area contributed by atoms with Gasteiger partial charge in [-0.15, -0.1) is 0 Å². The number of nitrogens with zero attached hydrogens (tertiary/aromatic N) is 1. The lowest BCUT2D eigenvalue weighted by Gasteiger charge is -2.23. The van der Waals surface area contributed by atoms with Crippen molar-refractivity contribution in [2.45, 2.75) is 26.3 Å². The van der Waals surface area contributed by atoms with E-state index < -0.39 is 0 Å². The van der Waals surface area contributed by atoms with Crippen LogP contribution in [0.3, 0.4) is 0 Å². The summed E-state index contributed by atoms with van der Waals surface area (Å²) in [6, 6.07) is 6.73. The fourth-order valence-corrected chi connectivity index (χ4v) is 1.80. The van der Waals surface area contributed by atoms with E-state index in [0.29, 0.717) is 12.6 Å². The SMILES string of the molecule is COc1ccc(C)cc1CCN(C)C(C)CN. The molecule has 0 fully saturated rings. The number of aryl methyl sites for hydroxylation is 1. The Morgan fingerprint density at radius 1 is 1.41 bits per heavy atom. The fourth-order valence-electron chi connectivity index (χ4n) is 1.80. The minimum atomic E-state index is 0.422. The van der Waals surface area contributed by atoms with Crippen molar-refractivity contribution in [1.82, 2.24) is 4.90 Å². The molecule has 1 unspecified atom stereocenters. The second kappa shape index (κ2) is 6.62. The number of ether oxygens (including phenoxy) is 1. The molecule has 17 heavy (non-hydrogen) atoms. The summed E-state index contributed by atoms with van der Waals surface area (Å²) in [4.78, 5) is 2.28. The monoisotopic (exact) mass is 236 g/mol. The summed E-state index contributed by atoms with van der Waals surface area (Å²) in [6.45, 7) is 5.95. The lowest BCUT2D eigenvalue weighted by Crippen LogP contribution is -2.36. The van der Waals surface area contributed by atoms with Crippen molar-refractivity contribution in [2.75, 3.05) is 27.2 Å². The minimum Gasteiger partial charge on any atom is -0.496 e. The highest BCUT2D eigenvalue weighted by molar-refractivity contribution is 5.37. The molecule has 0 amide bonds. The average Bonchev–Trinajstić information content (AvgIpc) is 2.35. The summed E-state index contributed by atoms with van der Waals surface area (Å²) < 4.78 is 5.38. The maximum absolute atomic E-state index is 5.66. The summed E-state index contributed by atoms with van der Waals surface area (Å²) in [7, 11) is 3.83. The zero-order valence-corrected chi connectivity index (χ0v) is 11.4. The van der Waals surface area contributed by atoms with E-state index in [-0.39, 0.29) is 0 Å². The van der Waals surface area contributed by atoms with Crippen LogP contribution in [0.15, 0.2) is 18.2 Å². The van der Waals surface area contributed by atoms with E-state index in [4.69, 9.17) is 10.5 Å². The highest BCUT2D eigenvalue weighted by Crippen LogP contribution is 2.20. The average molecular weight is 236 g/mol. The first-order valence-electron chi connectivity index (χ1n) is 6.12. The summed E-state index contributed by atoms with van der Waals surface area (Å²) >= 11 is 0. The van der Waals surface area contributed by atoms with Gasteiger partial charge in [-0.05, 0) is 38.9 Å². The van der Waals surface area contributed by atoms with Gasteiger partial charge >= 0.3 is 0 Å². The lowest BCUT2D eigenvalue weighted by atomic mass is 10.1. The Bertz CT molecular complexity index is 352. The second-order valence-corrected chi connectivity index (χ2v) is 4.63. The van der Waals surface area contributed by atoms with Crippen molar-refractivity contribution >= 4 is 0 Å². The summed E-state index contributed by atoms with van der Waals surface area (Å²) in [5, 5.41) is 0. The molecule has 3 nitrogen and oxygen atoms in total. The van der Waals surface area contributed by atoms with Crippen molar-refractivity contribution in [1.29, 1.82) is 0 Å². The molecule has 0 aliphatic carbocycles. The molecule has 1 aromatic rings. The van der Waals surface area contributed by atoms with E-state index in [9.17, 15) is 0 Å². The number of nitrogens with two attached hydrogens (primary N) is 1. The quantitative estimate of drug-likeness (QED) is 0.819. The molecule has 1 atom stereocenters. The Morgan fingerprint density at radius 3 is 2.71 bits per heavy atom. The molecule has 0 saturated heterocycles. The normalized spacial score (nSPS) is 12.8. The summed E-state index contributed by atoms with van der Waals surface area (Å²) in [5.74, 6) is 0.976. The molecule has 0 radical (unpaired) electrons. The van der Waals surface area contributed by atoms with Crippen LogP contribution in [0.5, 0.6) is 5.75 Å². The first-order chi connectivity index (χ1) is 8.08. The van der Waals surface area contributed by atoms with Gasteiger partial charge in [0.25, 0.3) is 0 Å². The van der Waals surface area contributed by atoms with Crippen LogP contribution in [0.25, 0.3) is 0 Å². The molecule has 0 heterocycles. The van der Waals surface area contributed by atoms with Crippen LogP contribution in [0, 0.1) is 6.92 Å². The molecule has 0 aromatic heterocycles. The van der Waals surface area contributed by atoms with Crippen LogP contribution < -0.4 is 10.5 Å². The minimum absolute atomic E-state index is 0.422. The first-order valence-corrected chi connectivity index (χ1v) is 6.12. The molecule has 2 N–H and O–H groups in total. The number of methoxy groups -OCH3 is 1. The van der Waals surface area contributed by atoms with E-state index in [1.807, 2.05) is 6.07 Å². The van der Waals surface area contributed by atoms with Crippen LogP contribution in [0.1, 0.15) is 18.1 Å². The number of rotatable bonds is 6. The smallest absolute Gasteiger partial charge is 0.122 e. The fraction of sp³-hybridized carbons (Fsp3) is 0.571. The Labute approximate surface area is 105 Å². The molecule has 0 bridgehead atoms. The van der Waals surface area contributed by atoms with Crippen LogP contribution in [-0.4, -0.2) is 38.2 Å². The van der Waals surface area contributed by atoms with Gasteiger partial charge in [-0.2, -0.15) is 0 Å². The van der Waals surface area contributed by atoms with Gasteiger partial charge in [0, 0.05) is 19.1 Å². The topological polar surface area (TPSA) is 38.5 Å². The zero-order valence-electron chi connectivity index (χ0n) is 11.4. The Balaban J connectivity index is 2.65. The van der Waals surface area contributed by atoms with Gasteiger partial charge in [0.1, 0.15) is 5.75 Å². The number of hydrogen-bond acceptors (Lipinski definition) is 3. The van der Waals surface area contributed by atoms with Gasteiger partial charge in [0.2, 0.25) is 0 Å². The maximum Gasteiger partial charge on any atom is 0.122 e. The van der Waals surface area contributed by atoms with E-state index in [1.54, 1.807) is 7.11 Å². The molecular formula is C14H24N2O. The number of benzene rings is 1. The van der Waals surface area contributed by atoms with Crippen molar-refractivity contribution < 1.29 is 4.74 Å². The molecule has 0 spiro atoms. The summed E-state index contributed by atoms with van der Waals surface area (Å²) in [5.41, 5.74) is 8.20. The number of likely N-dealkylation sites (N-methyl/N-ethyl adjacent to an activating group) is 1. The van der Waals surface area contributed by atoms with Crippen LogP contribution in [0.4, 0.5) is 0 Å². The van der Waals surface area contributed by atoms with E-state index >= 15 is 0 Å². The molecule has 1 aromatic carbocycles. The molecule has 0 aliphatic rings. The van der Waals surface area contributed by atoms with Gasteiger partial charge in [0.15, 0.2) is 0 Å². The lowest BCUT2D eigenvalue weighted by molar-refractivity contribution is 0.265. The molecule has 0 aliphatic heterocycles. The van der Waals surface area contributed by atoms with Crippen molar-refractivity contribution in [2.24, 2.45) is 5.73 Å². The van der Waals surface area contributed by atoms with Crippen LogP contribution in [-0.2, 0) is 6.42 Å². The zero-order chi connectivity index (χ0) is 12.8. The van der Waals surface area contributed by atoms with Gasteiger partial charge in [-0.1, -0.05) is 17.7 Å². The van der Waals surface area contributed by atoms with Gasteiger partial charge in [-0.25, -0.2) is 0 Å². The second-order valence-electron chi connectivity index (χ2n) is 4.63. The standard InChI is InChI=1S/C14H24N2O/c1-11-5-6-14(17-4)13(9-11)7-8-16(3)12(2)10-15/h5-6,9,12H,7-8,10,15H2,1-4H3. The summed E-state index contributed by atoms with van der Waals surface area (Å²) in [6.07, 6.45) is 0.992. The predicted octanol–water partition coefficient (Wildman–Crippen LogP) is 1.83. The molecule has 0 saturated carbocycles. The van der Waals surface area contributed by atoms with Gasteiger partial charge in [0.05, 0.1) is 7.11 Å². The molecular weight excluding hydrogens is 212 g/mol. The first kappa shape index (κ1) is 14.0. The number of hydrogen-bond donors (Lipinski definition) is 1. The molecule has 3 heteroatoms. The van der Waals surface area contributed by atoms with Crippen molar-refractivity contribution in [3.8, 4) is 5.75 Å². The predicted molar refractivity (Wildman–Crippen MR) is 72.6 cm³/mol. The van der Waals surface area contributed by atoms with Crippen molar-refractivity contribution in [3.63, 3.8) is 0 Å². The maximum atomic E-state index is 5.66. The third-order valence-corrected chi connectivity index (χ3v) is 3.26. The van der Waals surface area contributed by atoms with Gasteiger partial charge in [-0.3, -0.25) is 0 Å². The van der Waals surface area contributed by atoms with Crippen LogP contribution in [0.2, 0.25) is 0 Å². The third kappa shape index (κ3) is 4.02.